The van der Waals surface area contributed by atoms with Crippen molar-refractivity contribution in [3.8, 4) is 5.75 Å². The van der Waals surface area contributed by atoms with Crippen LogP contribution in [0.4, 0.5) is 0 Å². The Labute approximate surface area is 212 Å². The number of phenols is 1. The van der Waals surface area contributed by atoms with E-state index in [1.165, 1.54) is 10.9 Å². The van der Waals surface area contributed by atoms with E-state index in [0.29, 0.717) is 12.0 Å². The highest BCUT2D eigenvalue weighted by molar-refractivity contribution is 6.16. The molecule has 0 spiro atoms. The largest absolute Gasteiger partial charge is 0.508 e. The Morgan fingerprint density at radius 2 is 1.76 bits per heavy atom. The lowest BCUT2D eigenvalue weighted by atomic mass is 9.97. The van der Waals surface area contributed by atoms with Crippen LogP contribution in [0.2, 0.25) is 0 Å². The first-order chi connectivity index (χ1) is 18.0. The fourth-order valence-corrected chi connectivity index (χ4v) is 3.97. The van der Waals surface area contributed by atoms with Gasteiger partial charge in [0.1, 0.15) is 18.9 Å². The maximum absolute atomic E-state index is 12.4. The van der Waals surface area contributed by atoms with Crippen molar-refractivity contribution in [3.05, 3.63) is 101 Å². The van der Waals surface area contributed by atoms with Gasteiger partial charge in [-0.3, -0.25) is 14.6 Å². The van der Waals surface area contributed by atoms with Crippen LogP contribution >= 0.6 is 0 Å². The van der Waals surface area contributed by atoms with Crippen LogP contribution in [0.25, 0.3) is 10.9 Å². The molecule has 0 aliphatic carbocycles. The van der Waals surface area contributed by atoms with E-state index in [0.717, 1.165) is 41.0 Å². The van der Waals surface area contributed by atoms with Gasteiger partial charge in [0.15, 0.2) is 0 Å². The normalized spacial score (nSPS) is 11.9. The first-order valence-corrected chi connectivity index (χ1v) is 11.5. The second-order valence-corrected chi connectivity index (χ2v) is 8.22. The number of carbonyl (C=O) groups is 3. The molecule has 1 amide bonds. The lowest BCUT2D eigenvalue weighted by Crippen LogP contribution is -2.20. The molecule has 9 heteroatoms. The lowest BCUT2D eigenvalue weighted by Gasteiger charge is -2.14. The summed E-state index contributed by atoms with van der Waals surface area (Å²) in [6.07, 6.45) is 1.26. The quantitative estimate of drug-likeness (QED) is 0.227. The fraction of sp³-hybridized carbons (Fsp3) is 0.143. The SMILES string of the molecule is O=C(OCc1ccc(O)cc1)c1ccc(C2=NCCc3c2[nH]c2ccccc32)cc1.O=CNCC(=O)O. The number of hydrogen-bond acceptors (Lipinski definition) is 6. The average Bonchev–Trinajstić information content (AvgIpc) is 3.31. The molecule has 5 rings (SSSR count). The summed E-state index contributed by atoms with van der Waals surface area (Å²) >= 11 is 0. The molecule has 0 radical (unpaired) electrons. The summed E-state index contributed by atoms with van der Waals surface area (Å²) in [5.41, 5.74) is 6.69. The number of rotatable bonds is 7. The molecule has 9 nitrogen and oxygen atoms in total. The molecule has 37 heavy (non-hydrogen) atoms. The Kier molecular flexibility index (Phi) is 7.95. The number of para-hydroxylation sites is 1. The van der Waals surface area contributed by atoms with Crippen molar-refractivity contribution in [2.45, 2.75) is 13.0 Å². The maximum atomic E-state index is 12.4. The molecule has 1 aliphatic rings. The van der Waals surface area contributed by atoms with Gasteiger partial charge in [0.25, 0.3) is 0 Å². The number of nitrogens with zero attached hydrogens (tertiary/aromatic N) is 1. The fourth-order valence-electron chi connectivity index (χ4n) is 3.97. The molecule has 0 saturated heterocycles. The number of fused-ring (bicyclic) bond motifs is 3. The third kappa shape index (κ3) is 6.21. The molecule has 2 heterocycles. The number of carbonyl (C=O) groups excluding carboxylic acids is 2. The molecule has 4 aromatic rings. The van der Waals surface area contributed by atoms with Gasteiger partial charge < -0.3 is 25.3 Å². The molecular formula is C28H25N3O6. The number of benzene rings is 3. The van der Waals surface area contributed by atoms with Gasteiger partial charge in [-0.25, -0.2) is 4.79 Å². The Morgan fingerprint density at radius 1 is 1.03 bits per heavy atom. The van der Waals surface area contributed by atoms with Crippen LogP contribution in [-0.4, -0.2) is 52.3 Å². The molecule has 1 aliphatic heterocycles. The predicted octanol–water partition coefficient (Wildman–Crippen LogP) is 3.44. The Hall–Kier alpha value is -4.92. The predicted molar refractivity (Wildman–Crippen MR) is 138 cm³/mol. The zero-order chi connectivity index (χ0) is 26.2. The second-order valence-electron chi connectivity index (χ2n) is 8.22. The number of aromatic amines is 1. The number of carboxylic acids is 1. The van der Waals surface area contributed by atoms with E-state index in [-0.39, 0.29) is 24.9 Å². The van der Waals surface area contributed by atoms with Gasteiger partial charge in [-0.15, -0.1) is 0 Å². The number of esters is 1. The van der Waals surface area contributed by atoms with Gasteiger partial charge in [0.05, 0.1) is 17.0 Å². The zero-order valence-electron chi connectivity index (χ0n) is 19.8. The second kappa shape index (κ2) is 11.7. The van der Waals surface area contributed by atoms with Crippen LogP contribution in [0.1, 0.15) is 32.7 Å². The zero-order valence-corrected chi connectivity index (χ0v) is 19.8. The highest BCUT2D eigenvalue weighted by Gasteiger charge is 2.21. The van der Waals surface area contributed by atoms with Crippen LogP contribution in [0.5, 0.6) is 5.75 Å². The Balaban J connectivity index is 0.000000405. The van der Waals surface area contributed by atoms with E-state index < -0.39 is 5.97 Å². The molecule has 0 fully saturated rings. The minimum atomic E-state index is -1.04. The molecule has 4 N–H and O–H groups in total. The first kappa shape index (κ1) is 25.2. The number of nitrogens with one attached hydrogen (secondary N) is 2. The number of aliphatic imine (C=N–C) groups is 1. The third-order valence-electron chi connectivity index (χ3n) is 5.72. The molecule has 0 atom stereocenters. The molecule has 1 aromatic heterocycles. The molecular weight excluding hydrogens is 474 g/mol. The highest BCUT2D eigenvalue weighted by atomic mass is 16.5. The minimum absolute atomic E-state index is 0.159. The van der Waals surface area contributed by atoms with Crippen molar-refractivity contribution in [1.29, 1.82) is 0 Å². The van der Waals surface area contributed by atoms with E-state index in [9.17, 15) is 19.5 Å². The number of aromatic nitrogens is 1. The summed E-state index contributed by atoms with van der Waals surface area (Å²) in [4.78, 5) is 39.5. The van der Waals surface area contributed by atoms with Crippen LogP contribution in [0, 0.1) is 0 Å². The molecule has 0 saturated carbocycles. The number of H-pyrrole nitrogens is 1. The summed E-state index contributed by atoms with van der Waals surface area (Å²) < 4.78 is 5.38. The van der Waals surface area contributed by atoms with Crippen LogP contribution in [-0.2, 0) is 27.4 Å². The summed E-state index contributed by atoms with van der Waals surface area (Å²) in [6, 6.07) is 22.3. The van der Waals surface area contributed by atoms with Gasteiger partial charge >= 0.3 is 11.9 Å². The Bertz CT molecular complexity index is 1440. The van der Waals surface area contributed by atoms with Crippen molar-refractivity contribution in [1.82, 2.24) is 10.3 Å². The lowest BCUT2D eigenvalue weighted by molar-refractivity contribution is -0.136. The number of ether oxygens (including phenoxy) is 1. The van der Waals surface area contributed by atoms with Gasteiger partial charge in [-0.05, 0) is 47.9 Å². The van der Waals surface area contributed by atoms with Gasteiger partial charge in [-0.1, -0.05) is 42.5 Å². The molecule has 0 unspecified atom stereocenters. The molecule has 3 aromatic carbocycles. The van der Waals surface area contributed by atoms with Crippen LogP contribution < -0.4 is 5.32 Å². The van der Waals surface area contributed by atoms with Crippen molar-refractivity contribution in [2.24, 2.45) is 4.99 Å². The van der Waals surface area contributed by atoms with E-state index in [1.807, 2.05) is 23.5 Å². The Morgan fingerprint density at radius 3 is 2.43 bits per heavy atom. The smallest absolute Gasteiger partial charge is 0.338 e. The highest BCUT2D eigenvalue weighted by Crippen LogP contribution is 2.28. The standard InChI is InChI=1S/C25H20N2O3.C3H5NO3/c28-19-11-5-16(6-12-19)15-30-25(29)18-9-7-17(8-10-18)23-24-21(13-14-26-23)20-3-1-2-4-22(20)27-24;5-2-4-1-3(6)7/h1-12,27-28H,13-15H2;2H,1H2,(H,4,5)(H,6,7). The van der Waals surface area contributed by atoms with Gasteiger partial charge in [-0.2, -0.15) is 0 Å². The summed E-state index contributed by atoms with van der Waals surface area (Å²) in [5.74, 6) is -1.23. The number of hydrogen-bond donors (Lipinski definition) is 4. The van der Waals surface area contributed by atoms with Crippen molar-refractivity contribution < 1.29 is 29.3 Å². The number of amides is 1. The van der Waals surface area contributed by atoms with E-state index >= 15 is 0 Å². The monoisotopic (exact) mass is 499 g/mol. The van der Waals surface area contributed by atoms with Crippen molar-refractivity contribution >= 4 is 35.0 Å². The summed E-state index contributed by atoms with van der Waals surface area (Å²) in [6.45, 7) is 0.607. The van der Waals surface area contributed by atoms with Gasteiger partial charge in [0, 0.05) is 23.0 Å². The minimum Gasteiger partial charge on any atom is -0.508 e. The summed E-state index contributed by atoms with van der Waals surface area (Å²) in [7, 11) is 0. The van der Waals surface area contributed by atoms with Crippen LogP contribution in [0.3, 0.4) is 0 Å². The first-order valence-electron chi connectivity index (χ1n) is 11.5. The average molecular weight is 500 g/mol. The van der Waals surface area contributed by atoms with Crippen molar-refractivity contribution in [3.63, 3.8) is 0 Å². The number of aliphatic carboxylic acids is 1. The third-order valence-corrected chi connectivity index (χ3v) is 5.72. The molecule has 0 bridgehead atoms. The van der Waals surface area contributed by atoms with Crippen LogP contribution in [0.15, 0.2) is 77.8 Å². The number of carboxylic acid groups (broad SMARTS) is 1. The number of aromatic hydroxyl groups is 1. The molecule has 188 valence electrons. The number of phenolic OH excluding ortho intramolecular Hbond substituents is 1. The topological polar surface area (TPSA) is 141 Å². The summed E-state index contributed by atoms with van der Waals surface area (Å²) in [5, 5.41) is 20.4. The van der Waals surface area contributed by atoms with E-state index in [2.05, 4.69) is 23.2 Å². The van der Waals surface area contributed by atoms with E-state index in [4.69, 9.17) is 14.8 Å². The van der Waals surface area contributed by atoms with E-state index in [1.54, 1.807) is 36.4 Å². The van der Waals surface area contributed by atoms with Gasteiger partial charge in [0.2, 0.25) is 6.41 Å². The van der Waals surface area contributed by atoms with Crippen molar-refractivity contribution in [2.75, 3.05) is 13.1 Å². The maximum Gasteiger partial charge on any atom is 0.338 e.